The minimum absolute atomic E-state index is 0. The molecule has 0 bridgehead atoms. The molecule has 43 heavy (non-hydrogen) atoms. The van der Waals surface area contributed by atoms with E-state index in [2.05, 4.69) is 44.8 Å². The van der Waals surface area contributed by atoms with Gasteiger partial charge >= 0.3 is 6.03 Å². The van der Waals surface area contributed by atoms with Crippen molar-refractivity contribution in [1.29, 1.82) is 0 Å². The highest BCUT2D eigenvalue weighted by Gasteiger charge is 2.40. The van der Waals surface area contributed by atoms with Crippen LogP contribution in [0.5, 0.6) is 0 Å². The number of rotatable bonds is 7. The average Bonchev–Trinajstić information content (AvgIpc) is 3.34. The molecule has 0 spiro atoms. The van der Waals surface area contributed by atoms with Crippen LogP contribution in [-0.4, -0.2) is 67.7 Å². The number of nitrogens with one attached hydrogen (secondary N) is 3. The minimum Gasteiger partial charge on any atom is -0.365 e. The molecule has 2 amide bonds. The molecule has 2 aromatic heterocycles. The van der Waals surface area contributed by atoms with Crippen molar-refractivity contribution in [1.82, 2.24) is 29.7 Å². The van der Waals surface area contributed by atoms with Gasteiger partial charge in [-0.1, -0.05) is 43.2 Å². The first kappa shape index (κ1) is 31.6. The third kappa shape index (κ3) is 7.13. The van der Waals surface area contributed by atoms with E-state index in [1.807, 2.05) is 17.3 Å². The first-order valence-electron chi connectivity index (χ1n) is 15.7. The third-order valence-electron chi connectivity index (χ3n) is 9.69. The van der Waals surface area contributed by atoms with Gasteiger partial charge in [0.1, 0.15) is 0 Å². The Morgan fingerprint density at radius 3 is 2.28 bits per heavy atom. The van der Waals surface area contributed by atoms with Crippen molar-refractivity contribution in [3.05, 3.63) is 42.2 Å². The largest absolute Gasteiger partial charge is 0.365 e. The fourth-order valence-electron chi connectivity index (χ4n) is 7.07. The highest BCUT2D eigenvalue weighted by atomic mass is 35.5. The highest BCUT2D eigenvalue weighted by Crippen LogP contribution is 2.41. The van der Waals surface area contributed by atoms with Crippen LogP contribution >= 0.6 is 24.8 Å². The van der Waals surface area contributed by atoms with E-state index in [0.29, 0.717) is 30.0 Å². The Kier molecular flexibility index (Phi) is 10.2. The SMILES string of the molecule is Cl.Cl.NC1CCC(Nc2nc(NC3CCN(C(=O)N[C@@H]4C[C@H]4c4ccccc4)CC3)c3ncn(C4CCCC4)c3n2)CC1. The molecule has 1 aromatic carbocycles. The standard InChI is InChI=1S/C31H43N9O.2ClH/c32-21-10-12-22(13-11-21)35-30-37-28(27-29(38-30)40(19-33-27)24-8-4-5-9-24)34-23-14-16-39(17-15-23)31(41)36-26-18-25(26)20-6-2-1-3-7-20;;/h1-3,6-7,19,21-26H,4-5,8-18,32H2,(H,36,41)(H2,34,35,37,38);2*1H/t21?,22?,25-,26+;;/m0../s1. The number of piperidine rings is 1. The van der Waals surface area contributed by atoms with E-state index in [1.165, 1.54) is 31.2 Å². The number of hydrogen-bond acceptors (Lipinski definition) is 7. The molecule has 1 aliphatic heterocycles. The van der Waals surface area contributed by atoms with Crippen molar-refractivity contribution in [3.63, 3.8) is 0 Å². The Hall–Kier alpha value is -2.82. The number of carbonyl (C=O) groups is 1. The van der Waals surface area contributed by atoms with Gasteiger partial charge in [-0.15, -0.1) is 24.8 Å². The van der Waals surface area contributed by atoms with E-state index in [-0.39, 0.29) is 42.9 Å². The lowest BCUT2D eigenvalue weighted by atomic mass is 9.92. The van der Waals surface area contributed by atoms with Gasteiger partial charge in [-0.25, -0.2) is 9.78 Å². The molecule has 1 saturated heterocycles. The van der Waals surface area contributed by atoms with Gasteiger partial charge in [0.15, 0.2) is 17.0 Å². The maximum absolute atomic E-state index is 13.0. The van der Waals surface area contributed by atoms with Gasteiger partial charge in [0, 0.05) is 49.2 Å². The second kappa shape index (κ2) is 13.9. The summed E-state index contributed by atoms with van der Waals surface area (Å²) in [6, 6.07) is 12.1. The van der Waals surface area contributed by atoms with E-state index >= 15 is 0 Å². The fraction of sp³-hybridized carbons (Fsp3) is 0.613. The number of urea groups is 1. The second-order valence-corrected chi connectivity index (χ2v) is 12.6. The molecule has 5 N–H and O–H groups in total. The van der Waals surface area contributed by atoms with Crippen molar-refractivity contribution in [2.75, 3.05) is 23.7 Å². The Morgan fingerprint density at radius 2 is 1.56 bits per heavy atom. The van der Waals surface area contributed by atoms with Crippen LogP contribution in [0.2, 0.25) is 0 Å². The molecule has 7 rings (SSSR count). The van der Waals surface area contributed by atoms with Gasteiger partial charge < -0.3 is 31.2 Å². The van der Waals surface area contributed by atoms with Crippen molar-refractivity contribution < 1.29 is 4.79 Å². The molecule has 3 saturated carbocycles. The van der Waals surface area contributed by atoms with E-state index in [1.54, 1.807) is 0 Å². The summed E-state index contributed by atoms with van der Waals surface area (Å²) in [7, 11) is 0. The normalized spacial score (nSPS) is 25.9. The number of halogens is 2. The quantitative estimate of drug-likeness (QED) is 0.268. The molecule has 12 heteroatoms. The topological polar surface area (TPSA) is 126 Å². The van der Waals surface area contributed by atoms with Crippen molar-refractivity contribution in [3.8, 4) is 0 Å². The summed E-state index contributed by atoms with van der Waals surface area (Å²) >= 11 is 0. The molecule has 0 unspecified atom stereocenters. The van der Waals surface area contributed by atoms with Gasteiger partial charge in [0.05, 0.1) is 6.33 Å². The fourth-order valence-corrected chi connectivity index (χ4v) is 7.07. The summed E-state index contributed by atoms with van der Waals surface area (Å²) in [5.41, 5.74) is 9.22. The zero-order chi connectivity index (χ0) is 27.8. The van der Waals surface area contributed by atoms with Crippen LogP contribution in [0.3, 0.4) is 0 Å². The van der Waals surface area contributed by atoms with Gasteiger partial charge in [0.2, 0.25) is 5.95 Å². The number of aromatic nitrogens is 4. The van der Waals surface area contributed by atoms with E-state index < -0.39 is 0 Å². The molecular formula is C31H45Cl2N9O. The maximum Gasteiger partial charge on any atom is 0.317 e. The zero-order valence-electron chi connectivity index (χ0n) is 24.7. The van der Waals surface area contributed by atoms with Gasteiger partial charge in [0.25, 0.3) is 0 Å². The maximum atomic E-state index is 13.0. The van der Waals surface area contributed by atoms with E-state index in [4.69, 9.17) is 20.7 Å². The van der Waals surface area contributed by atoms with Crippen molar-refractivity contribution >= 4 is 53.8 Å². The number of nitrogens with two attached hydrogens (primary N) is 1. The van der Waals surface area contributed by atoms with Crippen LogP contribution in [0.15, 0.2) is 36.7 Å². The Morgan fingerprint density at radius 1 is 0.860 bits per heavy atom. The van der Waals surface area contributed by atoms with E-state index in [9.17, 15) is 4.79 Å². The monoisotopic (exact) mass is 629 g/mol. The van der Waals surface area contributed by atoms with Crippen LogP contribution in [0.1, 0.15) is 88.2 Å². The Bertz CT molecular complexity index is 1350. The Balaban J connectivity index is 0.00000184. The summed E-state index contributed by atoms with van der Waals surface area (Å²) in [5.74, 6) is 1.92. The molecule has 2 atom stereocenters. The van der Waals surface area contributed by atoms with Crippen LogP contribution in [0.4, 0.5) is 16.6 Å². The smallest absolute Gasteiger partial charge is 0.317 e. The van der Waals surface area contributed by atoms with E-state index in [0.717, 1.165) is 75.0 Å². The number of imidazole rings is 1. The van der Waals surface area contributed by atoms with Crippen LogP contribution in [-0.2, 0) is 0 Å². The van der Waals surface area contributed by atoms with Crippen LogP contribution in [0, 0.1) is 0 Å². The molecular weight excluding hydrogens is 585 g/mol. The third-order valence-corrected chi connectivity index (χ3v) is 9.69. The Labute approximate surface area is 266 Å². The number of carbonyl (C=O) groups excluding carboxylic acids is 1. The summed E-state index contributed by atoms with van der Waals surface area (Å²) in [6.45, 7) is 1.45. The van der Waals surface area contributed by atoms with Gasteiger partial charge in [-0.3, -0.25) is 0 Å². The number of amides is 2. The molecule has 3 aliphatic carbocycles. The lowest BCUT2D eigenvalue weighted by Gasteiger charge is -2.33. The van der Waals surface area contributed by atoms with Crippen molar-refractivity contribution in [2.24, 2.45) is 5.73 Å². The number of hydrogen-bond donors (Lipinski definition) is 4. The zero-order valence-corrected chi connectivity index (χ0v) is 26.3. The predicted octanol–water partition coefficient (Wildman–Crippen LogP) is 5.61. The van der Waals surface area contributed by atoms with Crippen LogP contribution in [0.25, 0.3) is 11.2 Å². The minimum atomic E-state index is 0. The lowest BCUT2D eigenvalue weighted by Crippen LogP contribution is -2.47. The van der Waals surface area contributed by atoms with Crippen LogP contribution < -0.4 is 21.7 Å². The van der Waals surface area contributed by atoms with Gasteiger partial charge in [-0.2, -0.15) is 9.97 Å². The molecule has 4 aliphatic rings. The van der Waals surface area contributed by atoms with Gasteiger partial charge in [-0.05, 0) is 63.4 Å². The summed E-state index contributed by atoms with van der Waals surface area (Å²) in [6.07, 6.45) is 13.7. The number of nitrogens with zero attached hydrogens (tertiary/aromatic N) is 5. The summed E-state index contributed by atoms with van der Waals surface area (Å²) in [4.78, 5) is 29.7. The molecule has 10 nitrogen and oxygen atoms in total. The number of fused-ring (bicyclic) bond motifs is 1. The molecule has 0 radical (unpaired) electrons. The summed E-state index contributed by atoms with van der Waals surface area (Å²) < 4.78 is 2.27. The molecule has 3 heterocycles. The average molecular weight is 631 g/mol. The molecule has 234 valence electrons. The number of benzene rings is 1. The van der Waals surface area contributed by atoms with Crippen molar-refractivity contribution in [2.45, 2.75) is 107 Å². The predicted molar refractivity (Wildman–Crippen MR) is 176 cm³/mol. The summed E-state index contributed by atoms with van der Waals surface area (Å²) in [5, 5.41) is 10.6. The first-order valence-corrected chi connectivity index (χ1v) is 15.7. The molecule has 3 aromatic rings. The number of anilines is 2. The highest BCUT2D eigenvalue weighted by molar-refractivity contribution is 5.86. The first-order chi connectivity index (χ1) is 20.1. The molecule has 4 fully saturated rings. The number of likely N-dealkylation sites (tertiary alicyclic amines) is 1. The second-order valence-electron chi connectivity index (χ2n) is 12.6. The lowest BCUT2D eigenvalue weighted by molar-refractivity contribution is 0.183.